The van der Waals surface area contributed by atoms with Crippen molar-refractivity contribution in [3.05, 3.63) is 50.7 Å². The van der Waals surface area contributed by atoms with Crippen LogP contribution in [0.3, 0.4) is 0 Å². The van der Waals surface area contributed by atoms with Crippen molar-refractivity contribution in [1.82, 2.24) is 9.55 Å². The Labute approximate surface area is 158 Å². The number of nitrogens with one attached hydrogen (secondary N) is 1. The summed E-state index contributed by atoms with van der Waals surface area (Å²) in [6, 6.07) is 7.42. The van der Waals surface area contributed by atoms with Gasteiger partial charge in [0.15, 0.2) is 0 Å². The number of hydrogen-bond donors (Lipinski definition) is 2. The van der Waals surface area contributed by atoms with E-state index in [1.165, 1.54) is 10.8 Å². The number of rotatable bonds is 4. The zero-order chi connectivity index (χ0) is 19.4. The van der Waals surface area contributed by atoms with Crippen molar-refractivity contribution in [3.8, 4) is 5.88 Å². The Bertz CT molecular complexity index is 935. The predicted molar refractivity (Wildman–Crippen MR) is 108 cm³/mol. The number of aromatic amines is 1. The topological polar surface area (TPSA) is 90.7 Å². The van der Waals surface area contributed by atoms with Gasteiger partial charge in [-0.05, 0) is 31.0 Å². The Kier molecular flexibility index (Phi) is 5.78. The van der Waals surface area contributed by atoms with Gasteiger partial charge in [-0.1, -0.05) is 31.7 Å². The number of aromatic hydroxyl groups is 1. The van der Waals surface area contributed by atoms with Crippen molar-refractivity contribution >= 4 is 17.6 Å². The summed E-state index contributed by atoms with van der Waals surface area (Å²) in [4.78, 5) is 33.2. The highest BCUT2D eigenvalue weighted by atomic mass is 16.3. The van der Waals surface area contributed by atoms with E-state index < -0.39 is 11.2 Å². The minimum absolute atomic E-state index is 0.00843. The van der Waals surface area contributed by atoms with Gasteiger partial charge < -0.3 is 10.0 Å². The van der Waals surface area contributed by atoms with Crippen LogP contribution in [0.15, 0.2) is 38.8 Å². The van der Waals surface area contributed by atoms with Gasteiger partial charge >= 0.3 is 5.69 Å². The molecule has 1 aromatic carbocycles. The molecule has 0 aliphatic heterocycles. The molecule has 0 saturated heterocycles. The maximum Gasteiger partial charge on any atom is 0.331 e. The van der Waals surface area contributed by atoms with Crippen molar-refractivity contribution in [3.63, 3.8) is 0 Å². The predicted octanol–water partition coefficient (Wildman–Crippen LogP) is 2.95. The van der Waals surface area contributed by atoms with Crippen molar-refractivity contribution in [1.29, 1.82) is 0 Å². The molecule has 0 atom stereocenters. The van der Waals surface area contributed by atoms with Gasteiger partial charge in [0, 0.05) is 32.0 Å². The first-order valence-corrected chi connectivity index (χ1v) is 9.36. The number of benzene rings is 1. The lowest BCUT2D eigenvalue weighted by Gasteiger charge is -2.19. The van der Waals surface area contributed by atoms with Gasteiger partial charge in [0.1, 0.15) is 5.56 Å². The Morgan fingerprint density at radius 3 is 2.56 bits per heavy atom. The van der Waals surface area contributed by atoms with Crippen molar-refractivity contribution in [2.45, 2.75) is 44.6 Å². The fourth-order valence-corrected chi connectivity index (χ4v) is 3.51. The van der Waals surface area contributed by atoms with E-state index in [0.29, 0.717) is 5.69 Å². The second kappa shape index (κ2) is 8.24. The summed E-state index contributed by atoms with van der Waals surface area (Å²) in [6.07, 6.45) is 7.25. The van der Waals surface area contributed by atoms with E-state index in [0.717, 1.165) is 44.2 Å². The smallest absolute Gasteiger partial charge is 0.331 e. The summed E-state index contributed by atoms with van der Waals surface area (Å²) in [7, 11) is 3.87. The van der Waals surface area contributed by atoms with Crippen LogP contribution in [0.5, 0.6) is 5.88 Å². The molecule has 7 heteroatoms. The number of aromatic nitrogens is 2. The highest BCUT2D eigenvalue weighted by molar-refractivity contribution is 5.84. The van der Waals surface area contributed by atoms with Crippen molar-refractivity contribution in [2.75, 3.05) is 19.0 Å². The molecule has 144 valence electrons. The average Bonchev–Trinajstić information content (AvgIpc) is 2.91. The summed E-state index contributed by atoms with van der Waals surface area (Å²) < 4.78 is 1.32. The molecule has 0 amide bonds. The van der Waals surface area contributed by atoms with Crippen LogP contribution in [0.25, 0.3) is 0 Å². The van der Waals surface area contributed by atoms with Crippen molar-refractivity contribution < 1.29 is 5.11 Å². The summed E-state index contributed by atoms with van der Waals surface area (Å²) >= 11 is 0. The third-order valence-corrected chi connectivity index (χ3v) is 5.03. The Hall–Kier alpha value is -2.83. The third kappa shape index (κ3) is 4.30. The van der Waals surface area contributed by atoms with Gasteiger partial charge in [-0.3, -0.25) is 19.3 Å². The standard InChI is InChI=1S/C20H26N4O3/c1-23(2)16-11-7-8-14(12-16)21-13-17-18(25)22-20(27)24(19(17)26)15-9-5-3-4-6-10-15/h7-8,11-13,15,26H,3-6,9-10H2,1-2H3,(H,22,25,27). The van der Waals surface area contributed by atoms with Crippen LogP contribution in [0.2, 0.25) is 0 Å². The van der Waals surface area contributed by atoms with E-state index in [-0.39, 0.29) is 17.5 Å². The Balaban J connectivity index is 1.98. The lowest BCUT2D eigenvalue weighted by molar-refractivity contribution is 0.339. The zero-order valence-electron chi connectivity index (χ0n) is 15.8. The number of H-pyrrole nitrogens is 1. The summed E-state index contributed by atoms with van der Waals surface area (Å²) in [5, 5.41) is 10.7. The van der Waals surface area contributed by atoms with Crippen LogP contribution in [0.1, 0.15) is 50.1 Å². The van der Waals surface area contributed by atoms with E-state index in [9.17, 15) is 14.7 Å². The molecule has 7 nitrogen and oxygen atoms in total. The summed E-state index contributed by atoms with van der Waals surface area (Å²) in [5.74, 6) is -0.303. The van der Waals surface area contributed by atoms with E-state index in [4.69, 9.17) is 0 Å². The second-order valence-electron chi connectivity index (χ2n) is 7.18. The number of aliphatic imine (C=N–C) groups is 1. The molecule has 1 fully saturated rings. The molecule has 1 aliphatic rings. The maximum absolute atomic E-state index is 12.3. The number of hydrogen-bond acceptors (Lipinski definition) is 5. The minimum Gasteiger partial charge on any atom is -0.494 e. The normalized spacial score (nSPS) is 15.8. The molecule has 2 aromatic rings. The average molecular weight is 370 g/mol. The first-order chi connectivity index (χ1) is 13.0. The summed E-state index contributed by atoms with van der Waals surface area (Å²) in [6.45, 7) is 0. The molecule has 0 radical (unpaired) electrons. The molecule has 1 heterocycles. The van der Waals surface area contributed by atoms with Crippen LogP contribution in [-0.2, 0) is 0 Å². The monoisotopic (exact) mass is 370 g/mol. The first kappa shape index (κ1) is 18.9. The maximum atomic E-state index is 12.3. The van der Waals surface area contributed by atoms with Gasteiger partial charge in [-0.15, -0.1) is 0 Å². The highest BCUT2D eigenvalue weighted by Gasteiger charge is 2.21. The summed E-state index contributed by atoms with van der Waals surface area (Å²) in [5.41, 5.74) is 0.457. The van der Waals surface area contributed by atoms with Crippen LogP contribution < -0.4 is 16.1 Å². The van der Waals surface area contributed by atoms with Crippen LogP contribution >= 0.6 is 0 Å². The number of anilines is 1. The number of nitrogens with zero attached hydrogens (tertiary/aromatic N) is 3. The molecule has 1 saturated carbocycles. The SMILES string of the molecule is CN(C)c1cccc(N=Cc2c(O)n(C3CCCCCC3)c(=O)[nH]c2=O)c1. The van der Waals surface area contributed by atoms with E-state index in [1.807, 2.05) is 43.3 Å². The first-order valence-electron chi connectivity index (χ1n) is 9.36. The van der Waals surface area contributed by atoms with E-state index in [2.05, 4.69) is 9.98 Å². The minimum atomic E-state index is -0.630. The molecular weight excluding hydrogens is 344 g/mol. The van der Waals surface area contributed by atoms with Crippen LogP contribution in [0, 0.1) is 0 Å². The fraction of sp³-hybridized carbons (Fsp3) is 0.450. The second-order valence-corrected chi connectivity index (χ2v) is 7.18. The van der Waals surface area contributed by atoms with Crippen LogP contribution in [0.4, 0.5) is 11.4 Å². The van der Waals surface area contributed by atoms with E-state index >= 15 is 0 Å². The molecule has 1 aliphatic carbocycles. The molecule has 0 spiro atoms. The highest BCUT2D eigenvalue weighted by Crippen LogP contribution is 2.29. The molecule has 3 rings (SSSR count). The van der Waals surface area contributed by atoms with Crippen molar-refractivity contribution in [2.24, 2.45) is 4.99 Å². The van der Waals surface area contributed by atoms with Gasteiger partial charge in [-0.25, -0.2) is 4.79 Å². The lowest BCUT2D eigenvalue weighted by atomic mass is 10.1. The largest absolute Gasteiger partial charge is 0.494 e. The molecule has 2 N–H and O–H groups in total. The Morgan fingerprint density at radius 2 is 1.89 bits per heavy atom. The van der Waals surface area contributed by atoms with Gasteiger partial charge in [-0.2, -0.15) is 0 Å². The van der Waals surface area contributed by atoms with Crippen LogP contribution in [-0.4, -0.2) is 35.0 Å². The molecular formula is C20H26N4O3. The zero-order valence-corrected chi connectivity index (χ0v) is 15.8. The van der Waals surface area contributed by atoms with Gasteiger partial charge in [0.25, 0.3) is 5.56 Å². The third-order valence-electron chi connectivity index (χ3n) is 5.03. The van der Waals surface area contributed by atoms with Gasteiger partial charge in [0.2, 0.25) is 5.88 Å². The molecule has 0 bridgehead atoms. The molecule has 0 unspecified atom stereocenters. The molecule has 1 aromatic heterocycles. The lowest BCUT2D eigenvalue weighted by Crippen LogP contribution is -2.34. The quantitative estimate of drug-likeness (QED) is 0.639. The van der Waals surface area contributed by atoms with E-state index in [1.54, 1.807) is 0 Å². The Morgan fingerprint density at radius 1 is 1.19 bits per heavy atom. The fourth-order valence-electron chi connectivity index (χ4n) is 3.51. The molecule has 27 heavy (non-hydrogen) atoms. The van der Waals surface area contributed by atoms with Gasteiger partial charge in [0.05, 0.1) is 5.69 Å².